The zero-order valence-electron chi connectivity index (χ0n) is 16.8. The molecule has 1 heterocycles. The predicted molar refractivity (Wildman–Crippen MR) is 112 cm³/mol. The molecule has 30 heavy (non-hydrogen) atoms. The van der Waals surface area contributed by atoms with Crippen molar-refractivity contribution in [1.29, 1.82) is 0 Å². The van der Waals surface area contributed by atoms with Gasteiger partial charge in [-0.2, -0.15) is 0 Å². The molecule has 0 atom stereocenters. The average molecular weight is 409 g/mol. The predicted octanol–water partition coefficient (Wildman–Crippen LogP) is 3.05. The van der Waals surface area contributed by atoms with Crippen LogP contribution < -0.4 is 15.5 Å². The van der Waals surface area contributed by atoms with E-state index >= 15 is 0 Å². The number of hydrogen-bond acceptors (Lipinski definition) is 3. The Morgan fingerprint density at radius 2 is 1.83 bits per heavy atom. The number of nitrogens with zero attached hydrogens (tertiary/aromatic N) is 1. The van der Waals surface area contributed by atoms with E-state index < -0.39 is 11.8 Å². The Hall–Kier alpha value is -3.22. The van der Waals surface area contributed by atoms with Crippen molar-refractivity contribution in [2.45, 2.75) is 38.0 Å². The van der Waals surface area contributed by atoms with E-state index in [0.717, 1.165) is 36.1 Å². The molecule has 1 saturated carbocycles. The van der Waals surface area contributed by atoms with Crippen molar-refractivity contribution in [2.75, 3.05) is 23.3 Å². The molecule has 0 unspecified atom stereocenters. The van der Waals surface area contributed by atoms with Crippen LogP contribution in [0, 0.1) is 12.7 Å². The first-order chi connectivity index (χ1) is 14.4. The first kappa shape index (κ1) is 20.1. The Bertz CT molecular complexity index is 999. The first-order valence-electron chi connectivity index (χ1n) is 10.1. The Morgan fingerprint density at radius 1 is 1.10 bits per heavy atom. The van der Waals surface area contributed by atoms with Crippen LogP contribution in [0.4, 0.5) is 15.8 Å². The molecule has 0 bridgehead atoms. The zero-order valence-corrected chi connectivity index (χ0v) is 16.8. The number of rotatable bonds is 5. The minimum atomic E-state index is -0.757. The molecule has 2 N–H and O–H groups in total. The van der Waals surface area contributed by atoms with E-state index in [1.807, 2.05) is 13.0 Å². The van der Waals surface area contributed by atoms with Crippen molar-refractivity contribution >= 4 is 29.1 Å². The smallest absolute Gasteiger partial charge is 0.313 e. The largest absolute Gasteiger partial charge is 0.347 e. The Kier molecular flexibility index (Phi) is 5.28. The van der Waals surface area contributed by atoms with Crippen LogP contribution in [0.1, 0.15) is 36.8 Å². The van der Waals surface area contributed by atoms with Gasteiger partial charge in [0.25, 0.3) is 0 Å². The zero-order chi connectivity index (χ0) is 21.3. The summed E-state index contributed by atoms with van der Waals surface area (Å²) in [5, 5.41) is 5.31. The quantitative estimate of drug-likeness (QED) is 0.745. The monoisotopic (exact) mass is 409 g/mol. The SMILES string of the molecule is Cc1ccc(NC(=O)C(=O)NCC2(c3ccc(F)cc3)CC2)cc1N1CCCC1=O. The maximum absolute atomic E-state index is 13.2. The highest BCUT2D eigenvalue weighted by molar-refractivity contribution is 6.39. The Morgan fingerprint density at radius 3 is 2.47 bits per heavy atom. The molecule has 0 spiro atoms. The molecule has 2 aromatic carbocycles. The molecule has 1 aliphatic carbocycles. The highest BCUT2D eigenvalue weighted by Gasteiger charge is 2.44. The molecule has 6 nitrogen and oxygen atoms in total. The van der Waals surface area contributed by atoms with E-state index in [1.165, 1.54) is 12.1 Å². The van der Waals surface area contributed by atoms with E-state index in [-0.39, 0.29) is 17.1 Å². The number of nitrogens with one attached hydrogen (secondary N) is 2. The molecule has 3 amide bonds. The van der Waals surface area contributed by atoms with Crippen LogP contribution in [0.5, 0.6) is 0 Å². The van der Waals surface area contributed by atoms with Gasteiger partial charge in [-0.25, -0.2) is 4.39 Å². The van der Waals surface area contributed by atoms with E-state index in [0.29, 0.717) is 25.2 Å². The number of benzene rings is 2. The fourth-order valence-electron chi connectivity index (χ4n) is 3.92. The molecule has 4 rings (SSSR count). The van der Waals surface area contributed by atoms with Gasteiger partial charge in [-0.15, -0.1) is 0 Å². The molecule has 2 aliphatic rings. The van der Waals surface area contributed by atoms with Crippen molar-refractivity contribution in [1.82, 2.24) is 5.32 Å². The summed E-state index contributed by atoms with van der Waals surface area (Å²) >= 11 is 0. The molecule has 156 valence electrons. The third kappa shape index (κ3) is 4.06. The van der Waals surface area contributed by atoms with Crippen molar-refractivity contribution < 1.29 is 18.8 Å². The standard InChI is InChI=1S/C23H24FN3O3/c1-15-4-9-18(13-19(15)27-12-2-3-20(27)28)26-22(30)21(29)25-14-23(10-11-23)16-5-7-17(24)8-6-16/h4-9,13H,2-3,10-12,14H2,1H3,(H,25,29)(H,26,30). The van der Waals surface area contributed by atoms with Crippen LogP contribution in [0.15, 0.2) is 42.5 Å². The Labute approximate surface area is 174 Å². The van der Waals surface area contributed by atoms with Crippen molar-refractivity contribution in [2.24, 2.45) is 0 Å². The van der Waals surface area contributed by atoms with E-state index in [9.17, 15) is 18.8 Å². The number of amides is 3. The summed E-state index contributed by atoms with van der Waals surface area (Å²) in [6.07, 6.45) is 3.10. The van der Waals surface area contributed by atoms with Crippen LogP contribution in [-0.4, -0.2) is 30.8 Å². The van der Waals surface area contributed by atoms with Gasteiger partial charge in [-0.05, 0) is 61.6 Å². The van der Waals surface area contributed by atoms with Crippen LogP contribution in [0.2, 0.25) is 0 Å². The van der Waals surface area contributed by atoms with E-state index in [2.05, 4.69) is 10.6 Å². The molecule has 1 aliphatic heterocycles. The molecule has 7 heteroatoms. The third-order valence-electron chi connectivity index (χ3n) is 5.93. The maximum atomic E-state index is 13.2. The van der Waals surface area contributed by atoms with E-state index in [4.69, 9.17) is 0 Å². The number of carbonyl (C=O) groups excluding carboxylic acids is 3. The van der Waals surface area contributed by atoms with Crippen LogP contribution in [-0.2, 0) is 19.8 Å². The van der Waals surface area contributed by atoms with Crippen LogP contribution in [0.25, 0.3) is 0 Å². The minimum Gasteiger partial charge on any atom is -0.347 e. The molecular formula is C23H24FN3O3. The minimum absolute atomic E-state index is 0.0647. The molecule has 2 aromatic rings. The van der Waals surface area contributed by atoms with Crippen LogP contribution >= 0.6 is 0 Å². The summed E-state index contributed by atoms with van der Waals surface area (Å²) in [7, 11) is 0. The fourth-order valence-corrected chi connectivity index (χ4v) is 3.92. The lowest BCUT2D eigenvalue weighted by molar-refractivity contribution is -0.136. The topological polar surface area (TPSA) is 78.5 Å². The molecule has 0 radical (unpaired) electrons. The fraction of sp³-hybridized carbons (Fsp3) is 0.348. The molecule has 2 fully saturated rings. The molecular weight excluding hydrogens is 385 g/mol. The van der Waals surface area contributed by atoms with E-state index in [1.54, 1.807) is 29.2 Å². The number of hydrogen-bond donors (Lipinski definition) is 2. The number of halogens is 1. The summed E-state index contributed by atoms with van der Waals surface area (Å²) in [5.41, 5.74) is 2.89. The summed E-state index contributed by atoms with van der Waals surface area (Å²) in [6.45, 7) is 2.89. The lowest BCUT2D eigenvalue weighted by atomic mass is 9.96. The second-order valence-corrected chi connectivity index (χ2v) is 8.07. The second kappa shape index (κ2) is 7.89. The first-order valence-corrected chi connectivity index (χ1v) is 10.1. The van der Waals surface area contributed by atoms with Gasteiger partial charge < -0.3 is 15.5 Å². The number of carbonyl (C=O) groups is 3. The number of aryl methyl sites for hydroxylation is 1. The van der Waals surface area contributed by atoms with Gasteiger partial charge in [-0.1, -0.05) is 18.2 Å². The highest BCUT2D eigenvalue weighted by Crippen LogP contribution is 2.47. The summed E-state index contributed by atoms with van der Waals surface area (Å²) in [6, 6.07) is 11.5. The van der Waals surface area contributed by atoms with Gasteiger partial charge in [0.1, 0.15) is 5.82 Å². The maximum Gasteiger partial charge on any atom is 0.313 e. The third-order valence-corrected chi connectivity index (χ3v) is 5.93. The van der Waals surface area contributed by atoms with Crippen molar-refractivity contribution in [3.8, 4) is 0 Å². The van der Waals surface area contributed by atoms with Crippen molar-refractivity contribution in [3.63, 3.8) is 0 Å². The lowest BCUT2D eigenvalue weighted by Crippen LogP contribution is -2.39. The summed E-state index contributed by atoms with van der Waals surface area (Å²) in [5.74, 6) is -1.71. The number of anilines is 2. The summed E-state index contributed by atoms with van der Waals surface area (Å²) < 4.78 is 13.2. The van der Waals surface area contributed by atoms with Gasteiger partial charge in [0, 0.05) is 36.3 Å². The van der Waals surface area contributed by atoms with Gasteiger partial charge in [0.15, 0.2) is 0 Å². The van der Waals surface area contributed by atoms with Gasteiger partial charge in [-0.3, -0.25) is 14.4 Å². The Balaban J connectivity index is 1.38. The van der Waals surface area contributed by atoms with Crippen LogP contribution in [0.3, 0.4) is 0 Å². The molecule has 1 saturated heterocycles. The second-order valence-electron chi connectivity index (χ2n) is 8.07. The molecule has 0 aromatic heterocycles. The van der Waals surface area contributed by atoms with Gasteiger partial charge >= 0.3 is 11.8 Å². The van der Waals surface area contributed by atoms with Gasteiger partial charge in [0.2, 0.25) is 5.91 Å². The highest BCUT2D eigenvalue weighted by atomic mass is 19.1. The normalized spacial score (nSPS) is 17.0. The van der Waals surface area contributed by atoms with Crippen molar-refractivity contribution in [3.05, 3.63) is 59.4 Å². The average Bonchev–Trinajstić information content (AvgIpc) is 3.41. The van der Waals surface area contributed by atoms with Gasteiger partial charge in [0.05, 0.1) is 0 Å². The lowest BCUT2D eigenvalue weighted by Gasteiger charge is -2.19. The summed E-state index contributed by atoms with van der Waals surface area (Å²) in [4.78, 5) is 38.4.